The number of amides is 1. The summed E-state index contributed by atoms with van der Waals surface area (Å²) in [5.41, 5.74) is 5.84. The number of thiocarbonyl (C=S) groups is 1. The molecule has 0 spiro atoms. The molecule has 5 N–H and O–H groups in total. The number of hydrogen-bond donors (Lipinski definition) is 4. The van der Waals surface area contributed by atoms with Crippen LogP contribution in [0.5, 0.6) is 11.5 Å². The van der Waals surface area contributed by atoms with Crippen LogP contribution >= 0.6 is 12.2 Å². The Bertz CT molecular complexity index is 734. The monoisotopic (exact) mass is 306 g/mol. The van der Waals surface area contributed by atoms with Crippen LogP contribution < -0.4 is 11.1 Å². The first-order chi connectivity index (χ1) is 9.88. The first-order valence-corrected chi connectivity index (χ1v) is 6.22. The summed E-state index contributed by atoms with van der Waals surface area (Å²) in [6, 6.07) is 7.45. The van der Waals surface area contributed by atoms with Crippen molar-refractivity contribution in [3.05, 3.63) is 53.3 Å². The van der Waals surface area contributed by atoms with Crippen LogP contribution in [0.15, 0.2) is 36.4 Å². The number of benzene rings is 2. The molecule has 0 aromatic heterocycles. The quantitative estimate of drug-likeness (QED) is 0.514. The zero-order valence-electron chi connectivity index (χ0n) is 10.6. The molecule has 108 valence electrons. The Morgan fingerprint density at radius 1 is 1.14 bits per heavy atom. The summed E-state index contributed by atoms with van der Waals surface area (Å²) in [5.74, 6) is -1.86. The molecule has 0 fully saturated rings. The smallest absolute Gasteiger partial charge is 0.255 e. The summed E-state index contributed by atoms with van der Waals surface area (Å²) in [6.07, 6.45) is 0. The molecule has 2 rings (SSSR count). The van der Waals surface area contributed by atoms with Crippen LogP contribution in [0, 0.1) is 5.82 Å². The standard InChI is InChI=1S/C14H11FN2O3S/c15-10-3-2-8(6-9(10)13(16)21)17-14(20)7-1-4-11(18)12(19)5-7/h1-6,18-19H,(H2,16,21)(H,17,20). The third-order valence-electron chi connectivity index (χ3n) is 2.73. The molecule has 0 bridgehead atoms. The van der Waals surface area contributed by atoms with Gasteiger partial charge >= 0.3 is 0 Å². The molecule has 1 amide bonds. The second kappa shape index (κ2) is 5.76. The summed E-state index contributed by atoms with van der Waals surface area (Å²) in [5, 5.41) is 21.1. The van der Waals surface area contributed by atoms with Crippen molar-refractivity contribution in [3.8, 4) is 11.5 Å². The van der Waals surface area contributed by atoms with Gasteiger partial charge in [0.25, 0.3) is 5.91 Å². The van der Waals surface area contributed by atoms with Crippen molar-refractivity contribution >= 4 is 28.8 Å². The maximum Gasteiger partial charge on any atom is 0.255 e. The van der Waals surface area contributed by atoms with E-state index in [9.17, 15) is 19.4 Å². The molecule has 0 aliphatic heterocycles. The Hall–Kier alpha value is -2.67. The van der Waals surface area contributed by atoms with Crippen molar-refractivity contribution in [1.29, 1.82) is 0 Å². The van der Waals surface area contributed by atoms with Crippen LogP contribution in [0.2, 0.25) is 0 Å². The molecule has 2 aromatic carbocycles. The minimum absolute atomic E-state index is 0.0244. The van der Waals surface area contributed by atoms with Gasteiger partial charge in [-0.1, -0.05) is 12.2 Å². The van der Waals surface area contributed by atoms with Gasteiger partial charge in [0.2, 0.25) is 0 Å². The van der Waals surface area contributed by atoms with Crippen LogP contribution in [0.1, 0.15) is 15.9 Å². The van der Waals surface area contributed by atoms with Crippen molar-refractivity contribution in [3.63, 3.8) is 0 Å². The highest BCUT2D eigenvalue weighted by molar-refractivity contribution is 7.80. The maximum atomic E-state index is 13.4. The van der Waals surface area contributed by atoms with Crippen LogP contribution in [-0.2, 0) is 0 Å². The van der Waals surface area contributed by atoms with Gasteiger partial charge in [0.1, 0.15) is 10.8 Å². The third-order valence-corrected chi connectivity index (χ3v) is 2.95. The van der Waals surface area contributed by atoms with Gasteiger partial charge in [0, 0.05) is 16.8 Å². The summed E-state index contributed by atoms with van der Waals surface area (Å²) >= 11 is 4.71. The van der Waals surface area contributed by atoms with E-state index in [1.54, 1.807) is 0 Å². The largest absolute Gasteiger partial charge is 0.504 e. The lowest BCUT2D eigenvalue weighted by atomic mass is 10.1. The van der Waals surface area contributed by atoms with E-state index in [2.05, 4.69) is 5.32 Å². The summed E-state index contributed by atoms with van der Waals surface area (Å²) in [7, 11) is 0. The van der Waals surface area contributed by atoms with Crippen LogP contribution in [-0.4, -0.2) is 21.1 Å². The molecule has 5 nitrogen and oxygen atoms in total. The number of halogens is 1. The van der Waals surface area contributed by atoms with E-state index < -0.39 is 17.5 Å². The fourth-order valence-electron chi connectivity index (χ4n) is 1.66. The van der Waals surface area contributed by atoms with Gasteiger partial charge in [-0.05, 0) is 36.4 Å². The predicted octanol–water partition coefficient (Wildman–Crippen LogP) is 2.12. The summed E-state index contributed by atoms with van der Waals surface area (Å²) in [4.78, 5) is 11.9. The van der Waals surface area contributed by atoms with Crippen molar-refractivity contribution < 1.29 is 19.4 Å². The lowest BCUT2D eigenvalue weighted by Gasteiger charge is -2.08. The Balaban J connectivity index is 2.25. The number of anilines is 1. The van der Waals surface area contributed by atoms with Gasteiger partial charge < -0.3 is 21.3 Å². The number of nitrogens with one attached hydrogen (secondary N) is 1. The molecule has 0 unspecified atom stereocenters. The molecule has 21 heavy (non-hydrogen) atoms. The van der Waals surface area contributed by atoms with Gasteiger partial charge in [-0.25, -0.2) is 4.39 Å². The van der Waals surface area contributed by atoms with Crippen LogP contribution in [0.4, 0.5) is 10.1 Å². The Kier molecular flexibility index (Phi) is 4.04. The lowest BCUT2D eigenvalue weighted by Crippen LogP contribution is -2.15. The average Bonchev–Trinajstić information content (AvgIpc) is 2.43. The van der Waals surface area contributed by atoms with Gasteiger partial charge in [-0.3, -0.25) is 4.79 Å². The number of nitrogens with two attached hydrogens (primary N) is 1. The maximum absolute atomic E-state index is 13.4. The highest BCUT2D eigenvalue weighted by Gasteiger charge is 2.11. The Labute approximate surface area is 124 Å². The SMILES string of the molecule is NC(=S)c1cc(NC(=O)c2ccc(O)c(O)c2)ccc1F. The first-order valence-electron chi connectivity index (χ1n) is 5.81. The van der Waals surface area contributed by atoms with E-state index >= 15 is 0 Å². The second-order valence-electron chi connectivity index (χ2n) is 4.22. The molecule has 0 atom stereocenters. The minimum atomic E-state index is -0.581. The third kappa shape index (κ3) is 3.26. The molecule has 0 aliphatic rings. The van der Waals surface area contributed by atoms with E-state index in [0.717, 1.165) is 12.1 Å². The van der Waals surface area contributed by atoms with Gasteiger partial charge in [-0.15, -0.1) is 0 Å². The van der Waals surface area contributed by atoms with Crippen molar-refractivity contribution in [2.24, 2.45) is 5.73 Å². The number of hydrogen-bond acceptors (Lipinski definition) is 4. The number of carbonyl (C=O) groups excluding carboxylic acids is 1. The molecule has 0 saturated carbocycles. The second-order valence-corrected chi connectivity index (χ2v) is 4.66. The summed E-state index contributed by atoms with van der Waals surface area (Å²) in [6.45, 7) is 0. The van der Waals surface area contributed by atoms with Crippen molar-refractivity contribution in [2.45, 2.75) is 0 Å². The molecule has 0 aliphatic carbocycles. The van der Waals surface area contributed by atoms with E-state index in [4.69, 9.17) is 18.0 Å². The first kappa shape index (κ1) is 14.7. The van der Waals surface area contributed by atoms with Gasteiger partial charge in [-0.2, -0.15) is 0 Å². The lowest BCUT2D eigenvalue weighted by molar-refractivity contribution is 0.102. The fourth-order valence-corrected chi connectivity index (χ4v) is 1.82. The molecular weight excluding hydrogens is 295 g/mol. The molecular formula is C14H11FN2O3S. The zero-order valence-corrected chi connectivity index (χ0v) is 11.4. The van der Waals surface area contributed by atoms with Crippen molar-refractivity contribution in [1.82, 2.24) is 0 Å². The molecule has 0 heterocycles. The predicted molar refractivity (Wildman–Crippen MR) is 80.0 cm³/mol. The molecule has 0 radical (unpaired) electrons. The molecule has 0 saturated heterocycles. The van der Waals surface area contributed by atoms with E-state index in [1.165, 1.54) is 24.3 Å². The number of aromatic hydroxyl groups is 2. The van der Waals surface area contributed by atoms with E-state index in [1.807, 2.05) is 0 Å². The average molecular weight is 306 g/mol. The Morgan fingerprint density at radius 2 is 1.86 bits per heavy atom. The number of rotatable bonds is 3. The topological polar surface area (TPSA) is 95.6 Å². The normalized spacial score (nSPS) is 10.1. The minimum Gasteiger partial charge on any atom is -0.504 e. The zero-order chi connectivity index (χ0) is 15.6. The van der Waals surface area contributed by atoms with Gasteiger partial charge in [0.05, 0.1) is 0 Å². The van der Waals surface area contributed by atoms with Gasteiger partial charge in [0.15, 0.2) is 11.5 Å². The Morgan fingerprint density at radius 3 is 2.48 bits per heavy atom. The molecule has 7 heteroatoms. The highest BCUT2D eigenvalue weighted by Crippen LogP contribution is 2.25. The fraction of sp³-hybridized carbons (Fsp3) is 0. The number of phenols is 2. The number of phenolic OH excluding ortho intramolecular Hbond substituents is 2. The van der Waals surface area contributed by atoms with Crippen molar-refractivity contribution in [2.75, 3.05) is 5.32 Å². The van der Waals surface area contributed by atoms with Crippen LogP contribution in [0.25, 0.3) is 0 Å². The van der Waals surface area contributed by atoms with Crippen LogP contribution in [0.3, 0.4) is 0 Å². The van der Waals surface area contributed by atoms with E-state index in [0.29, 0.717) is 5.69 Å². The highest BCUT2D eigenvalue weighted by atomic mass is 32.1. The van der Waals surface area contributed by atoms with E-state index in [-0.39, 0.29) is 21.9 Å². The summed E-state index contributed by atoms with van der Waals surface area (Å²) < 4.78 is 13.4. The number of carbonyl (C=O) groups is 1. The molecule has 2 aromatic rings.